The lowest BCUT2D eigenvalue weighted by atomic mass is 10.1. The molecule has 0 aliphatic carbocycles. The molecule has 2 heteroatoms. The van der Waals surface area contributed by atoms with Gasteiger partial charge < -0.3 is 4.57 Å². The SMILES string of the molecule is C=Cc1c(C=C)c(/C=C\C)n(-c2ccc3c(c2)-c2cccc[n+]2C3)c1/C=C\C. The van der Waals surface area contributed by atoms with Gasteiger partial charge in [0.1, 0.15) is 0 Å². The van der Waals surface area contributed by atoms with Crippen LogP contribution in [0.5, 0.6) is 0 Å². The lowest BCUT2D eigenvalue weighted by Gasteiger charge is -2.12. The highest BCUT2D eigenvalue weighted by molar-refractivity contribution is 5.81. The molecule has 0 saturated heterocycles. The first-order valence-electron chi connectivity index (χ1n) is 9.64. The van der Waals surface area contributed by atoms with Crippen LogP contribution in [0, 0.1) is 0 Å². The fourth-order valence-corrected chi connectivity index (χ4v) is 4.12. The fraction of sp³-hybridized carbons (Fsp3) is 0.115. The van der Waals surface area contributed by atoms with Gasteiger partial charge in [-0.2, -0.15) is 4.57 Å². The number of allylic oxidation sites excluding steroid dienone is 2. The summed E-state index contributed by atoms with van der Waals surface area (Å²) in [5.41, 5.74) is 9.53. The van der Waals surface area contributed by atoms with Crippen molar-refractivity contribution in [3.8, 4) is 16.9 Å². The topological polar surface area (TPSA) is 8.81 Å². The second kappa shape index (κ2) is 7.32. The predicted molar refractivity (Wildman–Crippen MR) is 120 cm³/mol. The second-order valence-electron chi connectivity index (χ2n) is 6.90. The first-order chi connectivity index (χ1) is 13.7. The van der Waals surface area contributed by atoms with Crippen LogP contribution in [0.3, 0.4) is 0 Å². The average molecular weight is 366 g/mol. The third-order valence-corrected chi connectivity index (χ3v) is 5.29. The summed E-state index contributed by atoms with van der Waals surface area (Å²) in [6, 6.07) is 13.1. The van der Waals surface area contributed by atoms with Crippen LogP contribution in [-0.4, -0.2) is 4.57 Å². The number of nitrogens with zero attached hydrogens (tertiary/aromatic N) is 2. The van der Waals surface area contributed by atoms with Crippen molar-refractivity contribution in [2.45, 2.75) is 20.4 Å². The van der Waals surface area contributed by atoms with Crippen LogP contribution in [0.15, 0.2) is 67.9 Å². The van der Waals surface area contributed by atoms with Gasteiger partial charge in [-0.3, -0.25) is 0 Å². The number of pyridine rings is 1. The van der Waals surface area contributed by atoms with E-state index in [0.717, 1.165) is 34.7 Å². The summed E-state index contributed by atoms with van der Waals surface area (Å²) in [6.45, 7) is 13.1. The van der Waals surface area contributed by atoms with E-state index in [1.54, 1.807) is 0 Å². The highest BCUT2D eigenvalue weighted by Crippen LogP contribution is 2.34. The summed E-state index contributed by atoms with van der Waals surface area (Å²) in [4.78, 5) is 0. The van der Waals surface area contributed by atoms with Crippen LogP contribution in [0.1, 0.15) is 41.9 Å². The zero-order valence-electron chi connectivity index (χ0n) is 16.5. The van der Waals surface area contributed by atoms with Gasteiger partial charge in [0.15, 0.2) is 12.7 Å². The molecule has 1 aliphatic heterocycles. The molecule has 0 unspecified atom stereocenters. The van der Waals surface area contributed by atoms with Gasteiger partial charge in [0, 0.05) is 34.5 Å². The Morgan fingerprint density at radius 1 is 0.929 bits per heavy atom. The molecule has 138 valence electrons. The molecule has 0 fully saturated rings. The molecule has 3 heterocycles. The summed E-state index contributed by atoms with van der Waals surface area (Å²) < 4.78 is 4.61. The number of benzene rings is 1. The van der Waals surface area contributed by atoms with E-state index in [2.05, 4.69) is 89.2 Å². The van der Waals surface area contributed by atoms with E-state index in [4.69, 9.17) is 0 Å². The van der Waals surface area contributed by atoms with E-state index in [9.17, 15) is 0 Å². The Balaban J connectivity index is 2.02. The number of rotatable bonds is 5. The lowest BCUT2D eigenvalue weighted by molar-refractivity contribution is -0.672. The number of fused-ring (bicyclic) bond motifs is 3. The Morgan fingerprint density at radius 3 is 2.21 bits per heavy atom. The Labute approximate surface area is 167 Å². The average Bonchev–Trinajstić information content (AvgIpc) is 3.23. The zero-order valence-corrected chi connectivity index (χ0v) is 16.5. The highest BCUT2D eigenvalue weighted by Gasteiger charge is 2.26. The van der Waals surface area contributed by atoms with Gasteiger partial charge in [-0.1, -0.05) is 37.5 Å². The van der Waals surface area contributed by atoms with E-state index < -0.39 is 0 Å². The van der Waals surface area contributed by atoms with E-state index in [1.165, 1.54) is 16.8 Å². The number of hydrogen-bond acceptors (Lipinski definition) is 0. The van der Waals surface area contributed by atoms with Crippen LogP contribution in [0.4, 0.5) is 0 Å². The minimum atomic E-state index is 0.927. The molecule has 1 aliphatic rings. The Morgan fingerprint density at radius 2 is 1.61 bits per heavy atom. The van der Waals surface area contributed by atoms with Crippen LogP contribution < -0.4 is 4.57 Å². The predicted octanol–water partition coefficient (Wildman–Crippen LogP) is 6.15. The largest absolute Gasteiger partial charge is 0.309 e. The zero-order chi connectivity index (χ0) is 19.7. The van der Waals surface area contributed by atoms with Crippen molar-refractivity contribution in [1.29, 1.82) is 0 Å². The molecule has 28 heavy (non-hydrogen) atoms. The molecular formula is C26H25N2+. The van der Waals surface area contributed by atoms with Gasteiger partial charge in [-0.25, -0.2) is 0 Å². The summed E-state index contributed by atoms with van der Waals surface area (Å²) in [5, 5.41) is 0. The van der Waals surface area contributed by atoms with Crippen molar-refractivity contribution >= 4 is 24.3 Å². The molecule has 0 saturated carbocycles. The number of hydrogen-bond donors (Lipinski definition) is 0. The highest BCUT2D eigenvalue weighted by atomic mass is 15.0. The Kier molecular flexibility index (Phi) is 4.70. The molecule has 0 N–H and O–H groups in total. The van der Waals surface area contributed by atoms with E-state index in [0.29, 0.717) is 0 Å². The van der Waals surface area contributed by atoms with E-state index in [-0.39, 0.29) is 0 Å². The van der Waals surface area contributed by atoms with Gasteiger partial charge in [-0.15, -0.1) is 0 Å². The Hall–Kier alpha value is -3.39. The summed E-state index contributed by atoms with van der Waals surface area (Å²) >= 11 is 0. The minimum Gasteiger partial charge on any atom is -0.309 e. The Bertz CT molecular complexity index is 1100. The van der Waals surface area contributed by atoms with Gasteiger partial charge in [0.05, 0.1) is 17.0 Å². The van der Waals surface area contributed by atoms with Crippen LogP contribution >= 0.6 is 0 Å². The van der Waals surface area contributed by atoms with Crippen molar-refractivity contribution in [1.82, 2.24) is 4.57 Å². The van der Waals surface area contributed by atoms with Crippen molar-refractivity contribution < 1.29 is 4.57 Å². The normalized spacial score (nSPS) is 12.5. The standard InChI is InChI=1S/C26H25N2/c1-5-11-25-21(7-3)22(8-4)26(12-6-2)28(25)20-15-14-19-18-27-16-10-9-13-24(27)23(19)17-20/h5-17H,3-4,18H2,1-2H3/q+1/b11-5-,12-6-. The monoisotopic (exact) mass is 365 g/mol. The lowest BCUT2D eigenvalue weighted by Crippen LogP contribution is -2.31. The van der Waals surface area contributed by atoms with Crippen LogP contribution in [-0.2, 0) is 6.54 Å². The van der Waals surface area contributed by atoms with Crippen LogP contribution in [0.2, 0.25) is 0 Å². The van der Waals surface area contributed by atoms with Crippen molar-refractivity contribution in [2.24, 2.45) is 0 Å². The quantitative estimate of drug-likeness (QED) is 0.375. The fourth-order valence-electron chi connectivity index (χ4n) is 4.12. The summed E-state index contributed by atoms with van der Waals surface area (Å²) in [5.74, 6) is 0. The maximum atomic E-state index is 4.06. The third-order valence-electron chi connectivity index (χ3n) is 5.29. The molecule has 0 radical (unpaired) electrons. The molecule has 0 amide bonds. The molecule has 2 aromatic heterocycles. The van der Waals surface area contributed by atoms with E-state index in [1.807, 2.05) is 26.0 Å². The van der Waals surface area contributed by atoms with Crippen LogP contribution in [0.25, 0.3) is 41.2 Å². The number of aromatic nitrogens is 2. The summed E-state index contributed by atoms with van der Waals surface area (Å²) in [7, 11) is 0. The van der Waals surface area contributed by atoms with Crippen molar-refractivity contribution in [3.05, 3.63) is 96.0 Å². The first kappa shape index (κ1) is 18.0. The maximum Gasteiger partial charge on any atom is 0.213 e. The second-order valence-corrected chi connectivity index (χ2v) is 6.90. The molecule has 3 aromatic rings. The molecule has 0 atom stereocenters. The van der Waals surface area contributed by atoms with Gasteiger partial charge in [-0.05, 0) is 50.3 Å². The van der Waals surface area contributed by atoms with Gasteiger partial charge in [0.25, 0.3) is 0 Å². The van der Waals surface area contributed by atoms with Crippen molar-refractivity contribution in [3.63, 3.8) is 0 Å². The van der Waals surface area contributed by atoms with E-state index >= 15 is 0 Å². The van der Waals surface area contributed by atoms with Gasteiger partial charge >= 0.3 is 0 Å². The molecule has 0 bridgehead atoms. The smallest absolute Gasteiger partial charge is 0.213 e. The van der Waals surface area contributed by atoms with Gasteiger partial charge in [0.2, 0.25) is 5.69 Å². The molecule has 0 spiro atoms. The summed E-state index contributed by atoms with van der Waals surface area (Å²) in [6.07, 6.45) is 14.4. The minimum absolute atomic E-state index is 0.927. The first-order valence-corrected chi connectivity index (χ1v) is 9.64. The van der Waals surface area contributed by atoms with Crippen molar-refractivity contribution in [2.75, 3.05) is 0 Å². The molecule has 1 aromatic carbocycles. The molecular weight excluding hydrogens is 340 g/mol. The maximum absolute atomic E-state index is 4.06. The molecule has 2 nitrogen and oxygen atoms in total. The third kappa shape index (κ3) is 2.69. The molecule has 4 rings (SSSR count).